The van der Waals surface area contributed by atoms with Crippen LogP contribution >= 0.6 is 0 Å². The Hall–Kier alpha value is -3.59. The minimum Gasteiger partial charge on any atom is -0.492 e. The van der Waals surface area contributed by atoms with Crippen molar-refractivity contribution in [3.8, 4) is 5.75 Å². The van der Waals surface area contributed by atoms with Crippen LogP contribution < -0.4 is 9.64 Å². The number of nitrogens with zero attached hydrogens (tertiary/aromatic N) is 4. The molecular weight excluding hydrogens is 442 g/mol. The zero-order valence-corrected chi connectivity index (χ0v) is 18.7. The summed E-state index contributed by atoms with van der Waals surface area (Å²) in [4.78, 5) is 24.8. The number of benzene rings is 2. The molecule has 0 bridgehead atoms. The molecule has 0 aliphatic carbocycles. The number of carbonyl (C=O) groups is 1. The smallest absolute Gasteiger partial charge is 0.339 e. The van der Waals surface area contributed by atoms with E-state index in [4.69, 9.17) is 4.74 Å². The van der Waals surface area contributed by atoms with Crippen molar-refractivity contribution in [2.24, 2.45) is 0 Å². The van der Waals surface area contributed by atoms with Crippen LogP contribution in [0.1, 0.15) is 21.6 Å². The van der Waals surface area contributed by atoms with Gasteiger partial charge in [-0.1, -0.05) is 12.1 Å². The van der Waals surface area contributed by atoms with E-state index in [0.717, 1.165) is 25.2 Å². The van der Waals surface area contributed by atoms with Crippen LogP contribution in [0.25, 0.3) is 0 Å². The minimum atomic E-state index is -1.06. The molecule has 2 heterocycles. The van der Waals surface area contributed by atoms with Crippen molar-refractivity contribution in [3.05, 3.63) is 83.2 Å². The Labute approximate surface area is 196 Å². The monoisotopic (exact) mass is 468 g/mol. The summed E-state index contributed by atoms with van der Waals surface area (Å²) < 4.78 is 31.8. The lowest BCUT2D eigenvalue weighted by atomic mass is 10.1. The average Bonchev–Trinajstić information content (AvgIpc) is 2.85. The van der Waals surface area contributed by atoms with Gasteiger partial charge >= 0.3 is 5.97 Å². The number of ether oxygens (including phenoxy) is 1. The zero-order chi connectivity index (χ0) is 23.9. The fourth-order valence-electron chi connectivity index (χ4n) is 3.84. The second-order valence-electron chi connectivity index (χ2n) is 8.09. The van der Waals surface area contributed by atoms with Gasteiger partial charge in [-0.15, -0.1) is 0 Å². The quantitative estimate of drug-likeness (QED) is 0.515. The van der Waals surface area contributed by atoms with E-state index in [2.05, 4.69) is 14.9 Å². The van der Waals surface area contributed by atoms with Gasteiger partial charge in [0, 0.05) is 38.9 Å². The molecule has 9 heteroatoms. The molecule has 3 aromatic rings. The standard InChI is InChI=1S/C25H26F2N4O3/c26-19-4-1-18(2-5-19)3-10-23-22(24(32)33)17-28-25(29-23)31-13-11-30(12-14-31)15-16-34-21-8-6-20(27)7-9-21/h1-2,4-9,17H,3,10-16H2,(H,32,33). The topological polar surface area (TPSA) is 78.8 Å². The summed E-state index contributed by atoms with van der Waals surface area (Å²) in [6.07, 6.45) is 2.34. The van der Waals surface area contributed by atoms with E-state index >= 15 is 0 Å². The van der Waals surface area contributed by atoms with Gasteiger partial charge < -0.3 is 14.7 Å². The summed E-state index contributed by atoms with van der Waals surface area (Å²) in [5.74, 6) is -0.505. The molecule has 4 rings (SSSR count). The third-order valence-electron chi connectivity index (χ3n) is 5.79. The van der Waals surface area contributed by atoms with E-state index in [1.54, 1.807) is 24.3 Å². The number of hydrogen-bond acceptors (Lipinski definition) is 6. The number of carboxylic acid groups (broad SMARTS) is 1. The van der Waals surface area contributed by atoms with Gasteiger partial charge in [0.15, 0.2) is 0 Å². The van der Waals surface area contributed by atoms with Gasteiger partial charge in [0.2, 0.25) is 5.95 Å². The molecule has 0 spiro atoms. The molecule has 1 saturated heterocycles. The number of aryl methyl sites for hydroxylation is 2. The van der Waals surface area contributed by atoms with Crippen molar-refractivity contribution in [1.82, 2.24) is 14.9 Å². The highest BCUT2D eigenvalue weighted by Crippen LogP contribution is 2.17. The first-order chi connectivity index (χ1) is 16.5. The SMILES string of the molecule is O=C(O)c1cnc(N2CCN(CCOc3ccc(F)cc3)CC2)nc1CCc1ccc(F)cc1. The van der Waals surface area contributed by atoms with Crippen LogP contribution in [0.4, 0.5) is 14.7 Å². The van der Waals surface area contributed by atoms with Gasteiger partial charge in [0.25, 0.3) is 0 Å². The Bertz CT molecular complexity index is 1100. The van der Waals surface area contributed by atoms with Crippen molar-refractivity contribution in [1.29, 1.82) is 0 Å². The predicted octanol–water partition coefficient (Wildman–Crippen LogP) is 3.44. The first-order valence-electron chi connectivity index (χ1n) is 11.2. The molecule has 0 radical (unpaired) electrons. The van der Waals surface area contributed by atoms with Gasteiger partial charge in [0.1, 0.15) is 24.0 Å². The van der Waals surface area contributed by atoms with E-state index in [1.807, 2.05) is 4.90 Å². The van der Waals surface area contributed by atoms with Gasteiger partial charge in [-0.25, -0.2) is 23.5 Å². The fraction of sp³-hybridized carbons (Fsp3) is 0.320. The second kappa shape index (κ2) is 11.0. The Morgan fingerprint density at radius 3 is 2.24 bits per heavy atom. The maximum absolute atomic E-state index is 13.1. The van der Waals surface area contributed by atoms with E-state index in [-0.39, 0.29) is 17.2 Å². The highest BCUT2D eigenvalue weighted by molar-refractivity contribution is 5.88. The van der Waals surface area contributed by atoms with Crippen LogP contribution in [-0.2, 0) is 12.8 Å². The summed E-state index contributed by atoms with van der Waals surface area (Å²) in [7, 11) is 0. The molecule has 178 valence electrons. The lowest BCUT2D eigenvalue weighted by Crippen LogP contribution is -2.48. The van der Waals surface area contributed by atoms with Crippen LogP contribution in [0, 0.1) is 11.6 Å². The largest absolute Gasteiger partial charge is 0.492 e. The first kappa shape index (κ1) is 23.6. The van der Waals surface area contributed by atoms with Gasteiger partial charge in [0.05, 0.1) is 11.3 Å². The molecule has 34 heavy (non-hydrogen) atoms. The first-order valence-corrected chi connectivity index (χ1v) is 11.2. The number of carboxylic acids is 1. The molecule has 7 nitrogen and oxygen atoms in total. The molecule has 0 saturated carbocycles. The van der Waals surface area contributed by atoms with Gasteiger partial charge in [-0.05, 0) is 54.8 Å². The van der Waals surface area contributed by atoms with Crippen molar-refractivity contribution >= 4 is 11.9 Å². The molecular formula is C25H26F2N4O3. The molecule has 1 aliphatic heterocycles. The van der Waals surface area contributed by atoms with E-state index < -0.39 is 5.97 Å². The summed E-state index contributed by atoms with van der Waals surface area (Å²) in [6.45, 7) is 4.25. The Morgan fingerprint density at radius 2 is 1.59 bits per heavy atom. The summed E-state index contributed by atoms with van der Waals surface area (Å²) in [5, 5.41) is 9.53. The fourth-order valence-corrected chi connectivity index (χ4v) is 3.84. The third-order valence-corrected chi connectivity index (χ3v) is 5.79. The number of rotatable bonds is 9. The predicted molar refractivity (Wildman–Crippen MR) is 123 cm³/mol. The summed E-state index contributed by atoms with van der Waals surface area (Å²) in [6, 6.07) is 12.1. The molecule has 2 aromatic carbocycles. The molecule has 0 unspecified atom stereocenters. The second-order valence-corrected chi connectivity index (χ2v) is 8.09. The van der Waals surface area contributed by atoms with E-state index in [0.29, 0.717) is 49.9 Å². The minimum absolute atomic E-state index is 0.0856. The van der Waals surface area contributed by atoms with Crippen LogP contribution in [0.3, 0.4) is 0 Å². The summed E-state index contributed by atoms with van der Waals surface area (Å²) >= 11 is 0. The van der Waals surface area contributed by atoms with Crippen LogP contribution in [0.2, 0.25) is 0 Å². The zero-order valence-electron chi connectivity index (χ0n) is 18.7. The lowest BCUT2D eigenvalue weighted by Gasteiger charge is -2.34. The Kier molecular flexibility index (Phi) is 7.64. The number of halogens is 2. The van der Waals surface area contributed by atoms with Crippen molar-refractivity contribution in [2.75, 3.05) is 44.2 Å². The van der Waals surface area contributed by atoms with Crippen molar-refractivity contribution in [2.45, 2.75) is 12.8 Å². The lowest BCUT2D eigenvalue weighted by molar-refractivity contribution is 0.0694. The summed E-state index contributed by atoms with van der Waals surface area (Å²) in [5.41, 5.74) is 1.47. The third kappa shape index (κ3) is 6.26. The number of piperazine rings is 1. The van der Waals surface area contributed by atoms with Crippen LogP contribution in [0.15, 0.2) is 54.7 Å². The Balaban J connectivity index is 1.32. The maximum atomic E-state index is 13.1. The van der Waals surface area contributed by atoms with Gasteiger partial charge in [-0.3, -0.25) is 4.90 Å². The van der Waals surface area contributed by atoms with E-state index in [9.17, 15) is 18.7 Å². The normalized spacial score (nSPS) is 14.2. The highest BCUT2D eigenvalue weighted by atomic mass is 19.1. The highest BCUT2D eigenvalue weighted by Gasteiger charge is 2.21. The number of aromatic carboxylic acids is 1. The maximum Gasteiger partial charge on any atom is 0.339 e. The molecule has 0 atom stereocenters. The van der Waals surface area contributed by atoms with Crippen molar-refractivity contribution < 1.29 is 23.4 Å². The van der Waals surface area contributed by atoms with Crippen LogP contribution in [-0.4, -0.2) is 65.3 Å². The van der Waals surface area contributed by atoms with Crippen LogP contribution in [0.5, 0.6) is 5.75 Å². The van der Waals surface area contributed by atoms with Crippen molar-refractivity contribution in [3.63, 3.8) is 0 Å². The number of aromatic nitrogens is 2. The average molecular weight is 469 g/mol. The molecule has 1 N–H and O–H groups in total. The number of anilines is 1. The van der Waals surface area contributed by atoms with E-state index in [1.165, 1.54) is 30.5 Å². The molecule has 0 amide bonds. The molecule has 1 aromatic heterocycles. The Morgan fingerprint density at radius 1 is 0.941 bits per heavy atom. The molecule has 1 aliphatic rings. The molecule has 1 fully saturated rings. The van der Waals surface area contributed by atoms with Gasteiger partial charge in [-0.2, -0.15) is 0 Å². The number of hydrogen-bond donors (Lipinski definition) is 1.